The molecule has 0 spiro atoms. The lowest BCUT2D eigenvalue weighted by Gasteiger charge is -2.33. The Bertz CT molecular complexity index is 1390. The number of fused-ring (bicyclic) bond motifs is 1. The molecule has 0 unspecified atom stereocenters. The first-order valence-corrected chi connectivity index (χ1v) is 12.7. The Kier molecular flexibility index (Phi) is 8.41. The predicted octanol–water partition coefficient (Wildman–Crippen LogP) is 5.91. The Morgan fingerprint density at radius 1 is 0.868 bits per heavy atom. The average Bonchev–Trinajstić information content (AvgIpc) is 2.90. The van der Waals surface area contributed by atoms with E-state index in [0.717, 1.165) is 16.3 Å². The van der Waals surface area contributed by atoms with Crippen LogP contribution in [0, 0.1) is 5.82 Å². The summed E-state index contributed by atoms with van der Waals surface area (Å²) in [5.74, 6) is -0.585. The zero-order valence-corrected chi connectivity index (χ0v) is 22.0. The number of benzene rings is 4. The summed E-state index contributed by atoms with van der Waals surface area (Å²) in [5, 5.41) is 4.88. The largest absolute Gasteiger partial charge is 0.483 e. The van der Waals surface area contributed by atoms with Crippen LogP contribution in [0.1, 0.15) is 31.9 Å². The first kappa shape index (κ1) is 26.9. The SMILES string of the molecule is CC(C)(C)NC(=O)[C@H](Cc1ccccc1)N(Cc1ccccc1F)C(=O)COc1cccc2ccccc12. The number of nitrogens with zero attached hydrogens (tertiary/aromatic N) is 1. The van der Waals surface area contributed by atoms with Crippen LogP contribution in [0.25, 0.3) is 10.8 Å². The lowest BCUT2D eigenvalue weighted by atomic mass is 10.0. The third kappa shape index (κ3) is 6.97. The van der Waals surface area contributed by atoms with Crippen molar-refractivity contribution in [3.8, 4) is 5.75 Å². The number of halogens is 1. The van der Waals surface area contributed by atoms with Crippen molar-refractivity contribution in [2.24, 2.45) is 0 Å². The lowest BCUT2D eigenvalue weighted by molar-refractivity contribution is -0.143. The van der Waals surface area contributed by atoms with Crippen molar-refractivity contribution in [2.75, 3.05) is 6.61 Å². The second-order valence-corrected chi connectivity index (χ2v) is 10.3. The van der Waals surface area contributed by atoms with Crippen molar-refractivity contribution >= 4 is 22.6 Å². The monoisotopic (exact) mass is 512 g/mol. The van der Waals surface area contributed by atoms with Gasteiger partial charge in [0.15, 0.2) is 6.61 Å². The highest BCUT2D eigenvalue weighted by molar-refractivity contribution is 5.90. The highest BCUT2D eigenvalue weighted by atomic mass is 19.1. The first-order chi connectivity index (χ1) is 18.2. The summed E-state index contributed by atoms with van der Waals surface area (Å²) in [5.41, 5.74) is 0.702. The maximum atomic E-state index is 14.7. The number of rotatable bonds is 9. The fraction of sp³-hybridized carbons (Fsp3) is 0.250. The summed E-state index contributed by atoms with van der Waals surface area (Å²) in [7, 11) is 0. The molecular formula is C32H33FN2O3. The van der Waals surface area contributed by atoms with Gasteiger partial charge in [0.1, 0.15) is 17.6 Å². The van der Waals surface area contributed by atoms with Crippen molar-refractivity contribution in [1.29, 1.82) is 0 Å². The Hall–Kier alpha value is -4.19. The van der Waals surface area contributed by atoms with E-state index in [1.165, 1.54) is 11.0 Å². The molecule has 5 nitrogen and oxygen atoms in total. The van der Waals surface area contributed by atoms with E-state index in [9.17, 15) is 14.0 Å². The van der Waals surface area contributed by atoms with Gasteiger partial charge in [-0.25, -0.2) is 4.39 Å². The smallest absolute Gasteiger partial charge is 0.261 e. The summed E-state index contributed by atoms with van der Waals surface area (Å²) in [4.78, 5) is 28.8. The number of hydrogen-bond acceptors (Lipinski definition) is 3. The maximum Gasteiger partial charge on any atom is 0.261 e. The minimum atomic E-state index is -0.875. The fourth-order valence-electron chi connectivity index (χ4n) is 4.36. The van der Waals surface area contributed by atoms with Gasteiger partial charge in [0.2, 0.25) is 5.91 Å². The molecule has 0 aliphatic rings. The van der Waals surface area contributed by atoms with E-state index in [2.05, 4.69) is 5.32 Å². The molecule has 0 aliphatic heterocycles. The van der Waals surface area contributed by atoms with Gasteiger partial charge in [-0.05, 0) is 43.9 Å². The third-order valence-electron chi connectivity index (χ3n) is 6.17. The number of amides is 2. The van der Waals surface area contributed by atoms with Crippen LogP contribution in [0.4, 0.5) is 4.39 Å². The van der Waals surface area contributed by atoms with Crippen molar-refractivity contribution in [1.82, 2.24) is 10.2 Å². The number of carbonyl (C=O) groups is 2. The molecule has 0 heterocycles. The van der Waals surface area contributed by atoms with E-state index in [-0.39, 0.29) is 25.5 Å². The van der Waals surface area contributed by atoms with Gasteiger partial charge in [-0.15, -0.1) is 0 Å². The highest BCUT2D eigenvalue weighted by Crippen LogP contribution is 2.25. The van der Waals surface area contributed by atoms with E-state index in [1.807, 2.05) is 93.6 Å². The number of nitrogens with one attached hydrogen (secondary N) is 1. The molecule has 1 atom stereocenters. The van der Waals surface area contributed by atoms with Crippen LogP contribution in [0.3, 0.4) is 0 Å². The van der Waals surface area contributed by atoms with E-state index < -0.39 is 23.3 Å². The molecule has 0 radical (unpaired) electrons. The molecular weight excluding hydrogens is 479 g/mol. The highest BCUT2D eigenvalue weighted by Gasteiger charge is 2.33. The van der Waals surface area contributed by atoms with Gasteiger partial charge >= 0.3 is 0 Å². The molecule has 196 valence electrons. The van der Waals surface area contributed by atoms with Crippen LogP contribution in [0.2, 0.25) is 0 Å². The molecule has 0 saturated heterocycles. The Morgan fingerprint density at radius 3 is 2.26 bits per heavy atom. The summed E-state index contributed by atoms with van der Waals surface area (Å²) in [6.07, 6.45) is 0.275. The minimum absolute atomic E-state index is 0.0700. The molecule has 0 fully saturated rings. The van der Waals surface area contributed by atoms with Gasteiger partial charge in [-0.3, -0.25) is 9.59 Å². The lowest BCUT2D eigenvalue weighted by Crippen LogP contribution is -2.55. The van der Waals surface area contributed by atoms with Crippen LogP contribution in [-0.2, 0) is 22.6 Å². The van der Waals surface area contributed by atoms with Crippen LogP contribution >= 0.6 is 0 Å². The Morgan fingerprint density at radius 2 is 1.53 bits per heavy atom. The number of ether oxygens (including phenoxy) is 1. The standard InChI is InChI=1S/C32H33FN2O3/c1-32(2,3)34-31(37)28(20-23-12-5-4-6-13-23)35(21-25-15-8-10-18-27(25)33)30(36)22-38-29-19-11-16-24-14-7-9-17-26(24)29/h4-19,28H,20-22H2,1-3H3,(H,34,37)/t28-/m0/s1. The summed E-state index contributed by atoms with van der Waals surface area (Å²) in [6, 6.07) is 28.3. The van der Waals surface area contributed by atoms with E-state index in [0.29, 0.717) is 11.3 Å². The van der Waals surface area contributed by atoms with Gasteiger partial charge in [0, 0.05) is 29.5 Å². The molecule has 2 amide bonds. The van der Waals surface area contributed by atoms with Crippen molar-refractivity contribution < 1.29 is 18.7 Å². The van der Waals surface area contributed by atoms with Crippen molar-refractivity contribution in [3.63, 3.8) is 0 Å². The number of carbonyl (C=O) groups excluding carboxylic acids is 2. The number of hydrogen-bond donors (Lipinski definition) is 1. The van der Waals surface area contributed by atoms with Crippen LogP contribution in [-0.4, -0.2) is 34.9 Å². The average molecular weight is 513 g/mol. The van der Waals surface area contributed by atoms with Gasteiger partial charge in [-0.2, -0.15) is 0 Å². The second-order valence-electron chi connectivity index (χ2n) is 10.3. The zero-order valence-electron chi connectivity index (χ0n) is 22.0. The molecule has 0 saturated carbocycles. The quantitative estimate of drug-likeness (QED) is 0.303. The van der Waals surface area contributed by atoms with E-state index >= 15 is 0 Å². The normalized spacial score (nSPS) is 12.1. The molecule has 4 aromatic carbocycles. The zero-order chi connectivity index (χ0) is 27.1. The van der Waals surface area contributed by atoms with Crippen molar-refractivity contribution in [2.45, 2.75) is 45.3 Å². The second kappa shape index (κ2) is 11.9. The molecule has 0 aromatic heterocycles. The first-order valence-electron chi connectivity index (χ1n) is 12.7. The van der Waals surface area contributed by atoms with Gasteiger partial charge < -0.3 is 15.0 Å². The van der Waals surface area contributed by atoms with Crippen molar-refractivity contribution in [3.05, 3.63) is 114 Å². The minimum Gasteiger partial charge on any atom is -0.483 e. The molecule has 38 heavy (non-hydrogen) atoms. The molecule has 4 rings (SSSR count). The Labute approximate surface area is 223 Å². The van der Waals surface area contributed by atoms with Gasteiger partial charge in [0.05, 0.1) is 0 Å². The topological polar surface area (TPSA) is 58.6 Å². The van der Waals surface area contributed by atoms with E-state index in [4.69, 9.17) is 4.74 Å². The van der Waals surface area contributed by atoms with E-state index in [1.54, 1.807) is 18.2 Å². The third-order valence-corrected chi connectivity index (χ3v) is 6.17. The van der Waals surface area contributed by atoms with Gasteiger partial charge in [0.25, 0.3) is 5.91 Å². The molecule has 1 N–H and O–H groups in total. The summed E-state index contributed by atoms with van der Waals surface area (Å²) < 4.78 is 20.7. The molecule has 4 aromatic rings. The fourth-order valence-corrected chi connectivity index (χ4v) is 4.36. The molecule has 0 aliphatic carbocycles. The predicted molar refractivity (Wildman–Crippen MR) is 148 cm³/mol. The summed E-state index contributed by atoms with van der Waals surface area (Å²) in [6.45, 7) is 5.29. The molecule has 0 bridgehead atoms. The van der Waals surface area contributed by atoms with Gasteiger partial charge in [-0.1, -0.05) is 84.9 Å². The maximum absolute atomic E-state index is 14.7. The van der Waals surface area contributed by atoms with Crippen LogP contribution in [0.5, 0.6) is 5.75 Å². The van der Waals surface area contributed by atoms with Crippen LogP contribution < -0.4 is 10.1 Å². The summed E-state index contributed by atoms with van der Waals surface area (Å²) >= 11 is 0. The van der Waals surface area contributed by atoms with Crippen LogP contribution in [0.15, 0.2) is 97.1 Å². The Balaban J connectivity index is 1.67. The molecule has 6 heteroatoms.